The number of carbonyl (C=O) groups is 1. The Morgan fingerprint density at radius 1 is 1.20 bits per heavy atom. The van der Waals surface area contributed by atoms with Gasteiger partial charge in [-0.25, -0.2) is 8.78 Å². The molecule has 8 heteroatoms. The van der Waals surface area contributed by atoms with E-state index in [4.69, 9.17) is 5.11 Å². The van der Waals surface area contributed by atoms with E-state index < -0.39 is 36.0 Å². The van der Waals surface area contributed by atoms with Crippen LogP contribution in [0.15, 0.2) is 12.1 Å². The zero-order chi connectivity index (χ0) is 18.1. The smallest absolute Gasteiger partial charge is 0.306 e. The van der Waals surface area contributed by atoms with Crippen LogP contribution in [0.25, 0.3) is 0 Å². The monoisotopic (exact) mass is 356 g/mol. The second kappa shape index (κ2) is 7.33. The van der Waals surface area contributed by atoms with Crippen LogP contribution in [0.1, 0.15) is 42.7 Å². The van der Waals surface area contributed by atoms with Gasteiger partial charge in [0.15, 0.2) is 0 Å². The van der Waals surface area contributed by atoms with E-state index in [2.05, 4.69) is 10.6 Å². The molecule has 138 valence electrons. The highest BCUT2D eigenvalue weighted by Crippen LogP contribution is 2.33. The number of carboxylic acid groups (broad SMARTS) is 1. The van der Waals surface area contributed by atoms with Crippen LogP contribution in [0.4, 0.5) is 8.78 Å². The van der Waals surface area contributed by atoms with Crippen LogP contribution in [0.5, 0.6) is 0 Å². The van der Waals surface area contributed by atoms with Crippen LogP contribution >= 0.6 is 0 Å². The van der Waals surface area contributed by atoms with Gasteiger partial charge in [-0.05, 0) is 43.4 Å². The molecule has 1 aromatic carbocycles. The van der Waals surface area contributed by atoms with E-state index in [1.165, 1.54) is 12.1 Å². The Hall–Kier alpha value is -1.61. The van der Waals surface area contributed by atoms with E-state index in [0.29, 0.717) is 24.8 Å². The van der Waals surface area contributed by atoms with E-state index in [9.17, 15) is 23.8 Å². The predicted molar refractivity (Wildman–Crippen MR) is 84.5 cm³/mol. The number of halogens is 2. The average Bonchev–Trinajstić information content (AvgIpc) is 2.46. The van der Waals surface area contributed by atoms with E-state index in [1.54, 1.807) is 0 Å². The zero-order valence-corrected chi connectivity index (χ0v) is 13.6. The fourth-order valence-electron chi connectivity index (χ4n) is 3.54. The van der Waals surface area contributed by atoms with E-state index in [0.717, 1.165) is 0 Å². The molecule has 1 saturated heterocycles. The first-order valence-electron chi connectivity index (χ1n) is 8.41. The van der Waals surface area contributed by atoms with Crippen molar-refractivity contribution in [1.82, 2.24) is 10.6 Å². The number of hydrogen-bond donors (Lipinski definition) is 5. The molecule has 1 aliphatic heterocycles. The molecule has 1 saturated carbocycles. The van der Waals surface area contributed by atoms with Crippen molar-refractivity contribution in [2.24, 2.45) is 5.92 Å². The van der Waals surface area contributed by atoms with Crippen LogP contribution in [0.3, 0.4) is 0 Å². The number of benzene rings is 1. The lowest BCUT2D eigenvalue weighted by molar-refractivity contribution is -0.145. The molecule has 0 amide bonds. The Morgan fingerprint density at radius 3 is 2.40 bits per heavy atom. The summed E-state index contributed by atoms with van der Waals surface area (Å²) in [5.74, 6) is -3.37. The van der Waals surface area contributed by atoms with E-state index in [-0.39, 0.29) is 30.5 Å². The minimum absolute atomic E-state index is 0.0396. The summed E-state index contributed by atoms with van der Waals surface area (Å²) >= 11 is 0. The van der Waals surface area contributed by atoms with Crippen molar-refractivity contribution in [1.29, 1.82) is 0 Å². The van der Waals surface area contributed by atoms with E-state index in [1.807, 2.05) is 0 Å². The Morgan fingerprint density at radius 2 is 1.84 bits per heavy atom. The van der Waals surface area contributed by atoms with E-state index >= 15 is 0 Å². The normalized spacial score (nSPS) is 32.2. The maximum atomic E-state index is 14.4. The predicted octanol–water partition coefficient (Wildman–Crippen LogP) is 1.02. The van der Waals surface area contributed by atoms with Crippen molar-refractivity contribution < 1.29 is 28.9 Å². The van der Waals surface area contributed by atoms with Crippen molar-refractivity contribution >= 4 is 5.97 Å². The molecule has 2 aliphatic rings. The number of aliphatic hydroxyl groups is 2. The van der Waals surface area contributed by atoms with Crippen LogP contribution in [-0.2, 0) is 11.3 Å². The molecule has 0 unspecified atom stereocenters. The van der Waals surface area contributed by atoms with Crippen LogP contribution in [0.2, 0.25) is 0 Å². The maximum Gasteiger partial charge on any atom is 0.306 e. The Balaban J connectivity index is 1.63. The summed E-state index contributed by atoms with van der Waals surface area (Å²) in [6.07, 6.45) is -0.477. The summed E-state index contributed by atoms with van der Waals surface area (Å²) in [5.41, 5.74) is 0.251. The summed E-state index contributed by atoms with van der Waals surface area (Å²) in [5, 5.41) is 33.8. The number of piperidine rings is 1. The summed E-state index contributed by atoms with van der Waals surface area (Å²) in [4.78, 5) is 10.8. The summed E-state index contributed by atoms with van der Waals surface area (Å²) in [7, 11) is 0. The quantitative estimate of drug-likeness (QED) is 0.540. The molecule has 6 nitrogen and oxygen atoms in total. The van der Waals surface area contributed by atoms with Gasteiger partial charge in [0.05, 0.1) is 5.92 Å². The molecular weight excluding hydrogens is 334 g/mol. The maximum absolute atomic E-state index is 14.4. The fourth-order valence-corrected chi connectivity index (χ4v) is 3.54. The van der Waals surface area contributed by atoms with Gasteiger partial charge in [-0.15, -0.1) is 0 Å². The molecule has 0 bridgehead atoms. The average molecular weight is 356 g/mol. The third-order valence-electron chi connectivity index (χ3n) is 5.09. The first-order chi connectivity index (χ1) is 11.8. The summed E-state index contributed by atoms with van der Waals surface area (Å²) in [6, 6.07) is 2.50. The Bertz CT molecular complexity index is 629. The van der Waals surface area contributed by atoms with Crippen molar-refractivity contribution in [3.05, 3.63) is 34.9 Å². The third kappa shape index (κ3) is 3.98. The fraction of sp³-hybridized carbons (Fsp3) is 0.588. The topological polar surface area (TPSA) is 102 Å². The summed E-state index contributed by atoms with van der Waals surface area (Å²) < 4.78 is 28.8. The molecule has 0 aromatic heterocycles. The highest BCUT2D eigenvalue weighted by molar-refractivity contribution is 5.71. The molecule has 0 spiro atoms. The van der Waals surface area contributed by atoms with Gasteiger partial charge in [0, 0.05) is 24.1 Å². The lowest BCUT2D eigenvalue weighted by Crippen LogP contribution is -2.46. The first kappa shape index (κ1) is 18.2. The standard InChI is InChI=1S/C17H22F2N2O4/c18-12-3-8(7-20-10-5-9(6-10)17(24)25)4-13(19)15(12)11-1-2-14(22)21-16(11)23/h3-4,9-11,14,16,20-23H,1-2,5-7H2,(H,24,25)/t9?,10?,11-,14-,16-/m1/s1. The van der Waals surface area contributed by atoms with Gasteiger partial charge in [-0.3, -0.25) is 10.1 Å². The number of nitrogens with one attached hydrogen (secondary N) is 2. The molecule has 1 heterocycles. The largest absolute Gasteiger partial charge is 0.481 e. The molecule has 3 atom stereocenters. The zero-order valence-electron chi connectivity index (χ0n) is 13.6. The molecule has 2 fully saturated rings. The van der Waals surface area contributed by atoms with Crippen LogP contribution in [-0.4, -0.2) is 39.8 Å². The molecular formula is C17H22F2N2O4. The minimum Gasteiger partial charge on any atom is -0.481 e. The van der Waals surface area contributed by atoms with Crippen molar-refractivity contribution in [3.63, 3.8) is 0 Å². The van der Waals surface area contributed by atoms with Gasteiger partial charge in [-0.1, -0.05) is 0 Å². The molecule has 1 aliphatic carbocycles. The minimum atomic E-state index is -1.21. The second-order valence-electron chi connectivity index (χ2n) is 6.87. The Kier molecular flexibility index (Phi) is 5.33. The van der Waals surface area contributed by atoms with Crippen molar-refractivity contribution in [2.45, 2.75) is 56.6 Å². The number of hydrogen-bond acceptors (Lipinski definition) is 5. The first-order valence-corrected chi connectivity index (χ1v) is 8.41. The van der Waals surface area contributed by atoms with Crippen molar-refractivity contribution in [2.75, 3.05) is 0 Å². The van der Waals surface area contributed by atoms with Crippen LogP contribution < -0.4 is 10.6 Å². The highest BCUT2D eigenvalue weighted by atomic mass is 19.1. The number of rotatable bonds is 5. The second-order valence-corrected chi connectivity index (χ2v) is 6.87. The SMILES string of the molecule is O=C(O)C1CC(NCc2cc(F)c([C@H]3CC[C@@H](O)N[C@@H]3O)c(F)c2)C1. The Labute approximate surface area is 143 Å². The molecule has 1 aromatic rings. The van der Waals surface area contributed by atoms with Crippen LogP contribution in [0, 0.1) is 17.6 Å². The highest BCUT2D eigenvalue weighted by Gasteiger charge is 2.35. The van der Waals surface area contributed by atoms with Gasteiger partial charge >= 0.3 is 5.97 Å². The summed E-state index contributed by atoms with van der Waals surface area (Å²) in [6.45, 7) is 0.245. The van der Waals surface area contributed by atoms with Gasteiger partial charge in [0.2, 0.25) is 0 Å². The van der Waals surface area contributed by atoms with Gasteiger partial charge < -0.3 is 20.6 Å². The lowest BCUT2D eigenvalue weighted by atomic mass is 9.80. The third-order valence-corrected chi connectivity index (χ3v) is 5.09. The molecule has 0 radical (unpaired) electrons. The molecule has 3 rings (SSSR count). The number of aliphatic carboxylic acids is 1. The number of aliphatic hydroxyl groups excluding tert-OH is 2. The molecule has 25 heavy (non-hydrogen) atoms. The molecule has 5 N–H and O–H groups in total. The van der Waals surface area contributed by atoms with Crippen molar-refractivity contribution in [3.8, 4) is 0 Å². The lowest BCUT2D eigenvalue weighted by Gasteiger charge is -2.33. The van der Waals surface area contributed by atoms with Gasteiger partial charge in [0.25, 0.3) is 0 Å². The number of carboxylic acids is 1. The van der Waals surface area contributed by atoms with Gasteiger partial charge in [0.1, 0.15) is 24.1 Å². The van der Waals surface area contributed by atoms with Gasteiger partial charge in [-0.2, -0.15) is 0 Å².